The number of aromatic nitrogens is 4. The van der Waals surface area contributed by atoms with Crippen molar-refractivity contribution in [2.75, 3.05) is 13.1 Å². The van der Waals surface area contributed by atoms with Crippen LogP contribution in [-0.2, 0) is 30.0 Å². The van der Waals surface area contributed by atoms with Gasteiger partial charge in [0.05, 0.1) is 6.10 Å². The molecule has 1 atom stereocenters. The van der Waals surface area contributed by atoms with E-state index in [4.69, 9.17) is 4.74 Å². The first kappa shape index (κ1) is 24.1. The number of nitrogens with zero attached hydrogens (tertiary/aromatic N) is 3. The number of hydrogen-bond acceptors (Lipinski definition) is 7. The molecular formula is C19H30N6O6. The van der Waals surface area contributed by atoms with Crippen LogP contribution in [-0.4, -0.2) is 61.0 Å². The van der Waals surface area contributed by atoms with E-state index >= 15 is 0 Å². The van der Waals surface area contributed by atoms with Crippen LogP contribution in [0.1, 0.15) is 39.4 Å². The molecule has 0 fully saturated rings. The van der Waals surface area contributed by atoms with Gasteiger partial charge in [0.2, 0.25) is 5.91 Å². The third-order valence-electron chi connectivity index (χ3n) is 4.38. The van der Waals surface area contributed by atoms with Crippen LogP contribution in [0.5, 0.6) is 0 Å². The summed E-state index contributed by atoms with van der Waals surface area (Å²) in [6.07, 6.45) is -0.561. The molecular weight excluding hydrogens is 408 g/mol. The average Bonchev–Trinajstić information content (AvgIpc) is 3.10. The largest absolute Gasteiger partial charge is 0.444 e. The molecule has 2 aromatic rings. The van der Waals surface area contributed by atoms with Crippen molar-refractivity contribution in [2.24, 2.45) is 14.1 Å². The summed E-state index contributed by atoms with van der Waals surface area (Å²) in [7, 11) is 2.93. The van der Waals surface area contributed by atoms with E-state index in [2.05, 4.69) is 20.6 Å². The van der Waals surface area contributed by atoms with E-state index in [0.29, 0.717) is 18.7 Å². The van der Waals surface area contributed by atoms with Crippen molar-refractivity contribution in [1.29, 1.82) is 0 Å². The molecule has 0 bridgehead atoms. The third kappa shape index (κ3) is 6.67. The molecule has 0 unspecified atom stereocenters. The molecule has 0 radical (unpaired) electrons. The number of ether oxygens (including phenoxy) is 1. The maximum Gasteiger partial charge on any atom is 0.407 e. The molecule has 0 aliphatic carbocycles. The van der Waals surface area contributed by atoms with Gasteiger partial charge < -0.3 is 25.5 Å². The van der Waals surface area contributed by atoms with Crippen molar-refractivity contribution < 1.29 is 19.4 Å². The number of carbonyl (C=O) groups excluding carboxylic acids is 2. The second-order valence-corrected chi connectivity index (χ2v) is 8.28. The maximum absolute atomic E-state index is 12.2. The highest BCUT2D eigenvalue weighted by Gasteiger charge is 2.17. The van der Waals surface area contributed by atoms with E-state index in [0.717, 1.165) is 4.57 Å². The fourth-order valence-electron chi connectivity index (χ4n) is 2.82. The molecule has 172 valence electrons. The standard InChI is InChI=1S/C19H30N6O6/c1-19(2,3)31-17(29)21-10-11(26)9-20-13(27)8-6-7-12-22-14-15(23-12)24(4)18(30)25(5)16(14)28/h11,26H,6-10H2,1-5H3,(H,20,27)(H,21,29)(H,22,23)/t11-/m1/s1. The SMILES string of the molecule is Cn1c(=O)c2[nH]c(CCCC(=O)NC[C@@H](O)CNC(=O)OC(C)(C)C)nc2n(C)c1=O. The van der Waals surface area contributed by atoms with Crippen LogP contribution >= 0.6 is 0 Å². The predicted octanol–water partition coefficient (Wildman–Crippen LogP) is -0.715. The topological polar surface area (TPSA) is 160 Å². The van der Waals surface area contributed by atoms with Gasteiger partial charge in [0.25, 0.3) is 5.56 Å². The van der Waals surface area contributed by atoms with Gasteiger partial charge in [0, 0.05) is 40.0 Å². The fraction of sp³-hybridized carbons (Fsp3) is 0.632. The molecule has 0 spiro atoms. The number of aromatic amines is 1. The number of aliphatic hydroxyl groups excluding tert-OH is 1. The second-order valence-electron chi connectivity index (χ2n) is 8.28. The molecule has 0 aromatic carbocycles. The van der Waals surface area contributed by atoms with Gasteiger partial charge in [0.1, 0.15) is 16.9 Å². The molecule has 2 heterocycles. The Morgan fingerprint density at radius 2 is 1.81 bits per heavy atom. The molecule has 2 rings (SSSR count). The number of rotatable bonds is 8. The number of fused-ring (bicyclic) bond motifs is 1. The minimum absolute atomic E-state index is 0.0164. The van der Waals surface area contributed by atoms with Crippen molar-refractivity contribution in [2.45, 2.75) is 51.7 Å². The molecule has 0 saturated heterocycles. The van der Waals surface area contributed by atoms with E-state index < -0.39 is 29.0 Å². The van der Waals surface area contributed by atoms with Gasteiger partial charge in [-0.2, -0.15) is 0 Å². The smallest absolute Gasteiger partial charge is 0.407 e. The van der Waals surface area contributed by atoms with Crippen LogP contribution in [0.4, 0.5) is 4.79 Å². The van der Waals surface area contributed by atoms with Gasteiger partial charge in [-0.1, -0.05) is 0 Å². The van der Waals surface area contributed by atoms with E-state index in [1.807, 2.05) is 0 Å². The Kier molecular flexibility index (Phi) is 7.60. The molecule has 0 aliphatic rings. The lowest BCUT2D eigenvalue weighted by atomic mass is 10.2. The van der Waals surface area contributed by atoms with Gasteiger partial charge in [-0.3, -0.25) is 18.7 Å². The minimum Gasteiger partial charge on any atom is -0.444 e. The highest BCUT2D eigenvalue weighted by Crippen LogP contribution is 2.08. The first-order valence-corrected chi connectivity index (χ1v) is 9.95. The number of H-pyrrole nitrogens is 1. The summed E-state index contributed by atoms with van der Waals surface area (Å²) < 4.78 is 7.35. The summed E-state index contributed by atoms with van der Waals surface area (Å²) in [5, 5.41) is 14.9. The lowest BCUT2D eigenvalue weighted by molar-refractivity contribution is -0.121. The summed E-state index contributed by atoms with van der Waals surface area (Å²) >= 11 is 0. The Morgan fingerprint density at radius 1 is 1.16 bits per heavy atom. The lowest BCUT2D eigenvalue weighted by Crippen LogP contribution is -2.41. The van der Waals surface area contributed by atoms with Crippen molar-refractivity contribution in [1.82, 2.24) is 29.7 Å². The van der Waals surface area contributed by atoms with Gasteiger partial charge in [-0.25, -0.2) is 14.6 Å². The average molecular weight is 438 g/mol. The van der Waals surface area contributed by atoms with Crippen molar-refractivity contribution in [3.63, 3.8) is 0 Å². The zero-order valence-electron chi connectivity index (χ0n) is 18.4. The quantitative estimate of drug-likeness (QED) is 0.423. The number of nitrogens with one attached hydrogen (secondary N) is 3. The van der Waals surface area contributed by atoms with Gasteiger partial charge in [-0.15, -0.1) is 0 Å². The number of hydrogen-bond donors (Lipinski definition) is 4. The zero-order chi connectivity index (χ0) is 23.3. The number of alkyl carbamates (subject to hydrolysis) is 1. The van der Waals surface area contributed by atoms with Crippen LogP contribution in [0.15, 0.2) is 9.59 Å². The Labute approximate surface area is 178 Å². The van der Waals surface area contributed by atoms with Crippen molar-refractivity contribution in [3.8, 4) is 0 Å². The molecule has 2 aromatic heterocycles. The van der Waals surface area contributed by atoms with E-state index in [1.165, 1.54) is 18.7 Å². The second kappa shape index (κ2) is 9.77. The van der Waals surface area contributed by atoms with Crippen molar-refractivity contribution in [3.05, 3.63) is 26.7 Å². The Balaban J connectivity index is 1.77. The highest BCUT2D eigenvalue weighted by molar-refractivity contribution is 5.76. The Morgan fingerprint density at radius 3 is 2.45 bits per heavy atom. The molecule has 4 N–H and O–H groups in total. The summed E-state index contributed by atoms with van der Waals surface area (Å²) in [5.74, 6) is 0.235. The van der Waals surface area contributed by atoms with Crippen molar-refractivity contribution >= 4 is 23.2 Å². The Bertz CT molecular complexity index is 1060. The number of amides is 2. The van der Waals surface area contributed by atoms with E-state index in [1.54, 1.807) is 20.8 Å². The molecule has 12 heteroatoms. The molecule has 2 amide bonds. The monoisotopic (exact) mass is 438 g/mol. The third-order valence-corrected chi connectivity index (χ3v) is 4.38. The minimum atomic E-state index is -0.954. The maximum atomic E-state index is 12.2. The van der Waals surface area contributed by atoms with Crippen LogP contribution < -0.4 is 21.9 Å². The number of imidazole rings is 1. The van der Waals surface area contributed by atoms with E-state index in [9.17, 15) is 24.3 Å². The number of carbonyl (C=O) groups is 2. The van der Waals surface area contributed by atoms with Crippen LogP contribution in [0.3, 0.4) is 0 Å². The van der Waals surface area contributed by atoms with E-state index in [-0.39, 0.29) is 36.6 Å². The molecule has 12 nitrogen and oxygen atoms in total. The summed E-state index contributed by atoms with van der Waals surface area (Å²) in [4.78, 5) is 54.8. The Hall–Kier alpha value is -3.15. The number of aryl methyl sites for hydroxylation is 2. The molecule has 0 aliphatic heterocycles. The first-order chi connectivity index (χ1) is 14.4. The highest BCUT2D eigenvalue weighted by atomic mass is 16.6. The van der Waals surface area contributed by atoms with Crippen LogP contribution in [0.25, 0.3) is 11.2 Å². The summed E-state index contributed by atoms with van der Waals surface area (Å²) in [5.41, 5.74) is -1.04. The predicted molar refractivity (Wildman–Crippen MR) is 113 cm³/mol. The molecule has 0 saturated carbocycles. The summed E-state index contributed by atoms with van der Waals surface area (Å²) in [6, 6.07) is 0. The van der Waals surface area contributed by atoms with Crippen LogP contribution in [0.2, 0.25) is 0 Å². The first-order valence-electron chi connectivity index (χ1n) is 9.95. The normalized spacial score (nSPS) is 12.6. The zero-order valence-corrected chi connectivity index (χ0v) is 18.4. The fourth-order valence-corrected chi connectivity index (χ4v) is 2.82. The molecule has 31 heavy (non-hydrogen) atoms. The lowest BCUT2D eigenvalue weighted by Gasteiger charge is -2.20. The number of aliphatic hydroxyl groups is 1. The van der Waals surface area contributed by atoms with Crippen LogP contribution in [0, 0.1) is 0 Å². The summed E-state index contributed by atoms with van der Waals surface area (Å²) in [6.45, 7) is 5.12. The van der Waals surface area contributed by atoms with Gasteiger partial charge >= 0.3 is 11.8 Å². The van der Waals surface area contributed by atoms with Gasteiger partial charge in [0.15, 0.2) is 5.65 Å². The van der Waals surface area contributed by atoms with Gasteiger partial charge in [-0.05, 0) is 27.2 Å².